The number of hydrogen-bond acceptors (Lipinski definition) is 3. The van der Waals surface area contributed by atoms with Crippen LogP contribution in [0.1, 0.15) is 34.6 Å². The highest BCUT2D eigenvalue weighted by Crippen LogP contribution is 2.24. The van der Waals surface area contributed by atoms with Crippen LogP contribution in [-0.4, -0.2) is 38.4 Å². The molecule has 31 heavy (non-hydrogen) atoms. The zero-order valence-electron chi connectivity index (χ0n) is 17.7. The van der Waals surface area contributed by atoms with E-state index in [1.54, 1.807) is 6.20 Å². The number of carbonyl (C=O) groups excluding carboxylic acids is 1. The van der Waals surface area contributed by atoms with Gasteiger partial charge >= 0.3 is 0 Å². The molecule has 1 fully saturated rings. The number of fused-ring (bicyclic) bond motifs is 1. The third kappa shape index (κ3) is 3.96. The lowest BCUT2D eigenvalue weighted by atomic mass is 9.90. The van der Waals surface area contributed by atoms with E-state index in [2.05, 4.69) is 40.3 Å². The van der Waals surface area contributed by atoms with Gasteiger partial charge in [0.25, 0.3) is 5.91 Å². The van der Waals surface area contributed by atoms with Gasteiger partial charge < -0.3 is 4.90 Å². The minimum Gasteiger partial charge on any atom is -0.339 e. The molecule has 1 saturated heterocycles. The Morgan fingerprint density at radius 2 is 1.81 bits per heavy atom. The van der Waals surface area contributed by atoms with Crippen molar-refractivity contribution in [1.29, 1.82) is 0 Å². The summed E-state index contributed by atoms with van der Waals surface area (Å²) in [6.45, 7) is 3.60. The van der Waals surface area contributed by atoms with Crippen molar-refractivity contribution in [2.24, 2.45) is 5.92 Å². The van der Waals surface area contributed by atoms with Crippen LogP contribution >= 0.6 is 0 Å². The number of amides is 1. The second kappa shape index (κ2) is 8.34. The quantitative estimate of drug-likeness (QED) is 0.484. The van der Waals surface area contributed by atoms with E-state index in [0.29, 0.717) is 5.92 Å². The van der Waals surface area contributed by atoms with Crippen LogP contribution in [0.15, 0.2) is 72.9 Å². The Balaban J connectivity index is 1.31. The molecule has 1 aliphatic heterocycles. The SMILES string of the molecule is Cc1nc2cccnc2n1-c1cccc(C(=O)N2CCC(Cc3ccccc3)CC2)c1. The Morgan fingerprint density at radius 1 is 1.00 bits per heavy atom. The topological polar surface area (TPSA) is 51.0 Å². The molecule has 3 heterocycles. The van der Waals surface area contributed by atoms with Gasteiger partial charge in [-0.3, -0.25) is 9.36 Å². The third-order valence-corrected chi connectivity index (χ3v) is 6.20. The predicted octanol–water partition coefficient (Wildman–Crippen LogP) is 4.82. The van der Waals surface area contributed by atoms with Gasteiger partial charge in [-0.1, -0.05) is 36.4 Å². The fraction of sp³-hybridized carbons (Fsp3) is 0.269. The summed E-state index contributed by atoms with van der Waals surface area (Å²) in [7, 11) is 0. The van der Waals surface area contributed by atoms with Gasteiger partial charge in [0.15, 0.2) is 5.65 Å². The minimum absolute atomic E-state index is 0.107. The van der Waals surface area contributed by atoms with Crippen LogP contribution in [0.2, 0.25) is 0 Å². The van der Waals surface area contributed by atoms with Crippen molar-refractivity contribution in [2.75, 3.05) is 13.1 Å². The third-order valence-electron chi connectivity index (χ3n) is 6.20. The first-order valence-corrected chi connectivity index (χ1v) is 10.9. The Morgan fingerprint density at radius 3 is 2.61 bits per heavy atom. The second-order valence-corrected chi connectivity index (χ2v) is 8.32. The zero-order valence-corrected chi connectivity index (χ0v) is 17.7. The smallest absolute Gasteiger partial charge is 0.253 e. The number of piperidine rings is 1. The van der Waals surface area contributed by atoms with Crippen molar-refractivity contribution >= 4 is 17.1 Å². The van der Waals surface area contributed by atoms with Crippen LogP contribution in [0.4, 0.5) is 0 Å². The average molecular weight is 411 g/mol. The van der Waals surface area contributed by atoms with Crippen molar-refractivity contribution in [3.05, 3.63) is 89.9 Å². The van der Waals surface area contributed by atoms with E-state index in [9.17, 15) is 4.79 Å². The summed E-state index contributed by atoms with van der Waals surface area (Å²) in [5.41, 5.74) is 4.69. The van der Waals surface area contributed by atoms with Gasteiger partial charge in [-0.2, -0.15) is 0 Å². The highest BCUT2D eigenvalue weighted by Gasteiger charge is 2.24. The largest absolute Gasteiger partial charge is 0.339 e. The Hall–Kier alpha value is -3.47. The molecule has 2 aromatic heterocycles. The second-order valence-electron chi connectivity index (χ2n) is 8.32. The fourth-order valence-corrected chi connectivity index (χ4v) is 4.58. The van der Waals surface area contributed by atoms with E-state index in [-0.39, 0.29) is 5.91 Å². The Bertz CT molecular complexity index is 1210. The molecule has 5 heteroatoms. The molecule has 2 aromatic carbocycles. The van der Waals surface area contributed by atoms with Gasteiger partial charge in [0.1, 0.15) is 11.3 Å². The van der Waals surface area contributed by atoms with Crippen LogP contribution < -0.4 is 0 Å². The molecule has 0 atom stereocenters. The number of rotatable bonds is 4. The van der Waals surface area contributed by atoms with E-state index in [1.165, 1.54) is 5.56 Å². The molecule has 0 N–H and O–H groups in total. The first kappa shape index (κ1) is 19.5. The number of hydrogen-bond donors (Lipinski definition) is 0. The molecular formula is C26H26N4O. The summed E-state index contributed by atoms with van der Waals surface area (Å²) in [5, 5.41) is 0. The Kier molecular flexibility index (Phi) is 5.24. The van der Waals surface area contributed by atoms with Crippen LogP contribution in [0.5, 0.6) is 0 Å². The van der Waals surface area contributed by atoms with Gasteiger partial charge in [-0.25, -0.2) is 9.97 Å². The molecule has 0 radical (unpaired) electrons. The van der Waals surface area contributed by atoms with Gasteiger partial charge in [-0.05, 0) is 68.0 Å². The number of aromatic nitrogens is 3. The molecular weight excluding hydrogens is 384 g/mol. The number of benzene rings is 2. The number of nitrogens with zero attached hydrogens (tertiary/aromatic N) is 4. The molecule has 5 nitrogen and oxygen atoms in total. The van der Waals surface area contributed by atoms with E-state index < -0.39 is 0 Å². The summed E-state index contributed by atoms with van der Waals surface area (Å²) in [6.07, 6.45) is 4.97. The van der Waals surface area contributed by atoms with Crippen LogP contribution in [-0.2, 0) is 6.42 Å². The molecule has 4 aromatic rings. The molecule has 1 amide bonds. The van der Waals surface area contributed by atoms with Gasteiger partial charge in [0.05, 0.1) is 0 Å². The highest BCUT2D eigenvalue weighted by molar-refractivity contribution is 5.95. The Labute approximate surface area is 182 Å². The first-order valence-electron chi connectivity index (χ1n) is 10.9. The minimum atomic E-state index is 0.107. The highest BCUT2D eigenvalue weighted by atomic mass is 16.2. The lowest BCUT2D eigenvalue weighted by Crippen LogP contribution is -2.38. The van der Waals surface area contributed by atoms with Crippen molar-refractivity contribution in [3.8, 4) is 5.69 Å². The summed E-state index contributed by atoms with van der Waals surface area (Å²) in [5.74, 6) is 1.61. The number of likely N-dealkylation sites (tertiary alicyclic amines) is 1. The van der Waals surface area contributed by atoms with E-state index in [4.69, 9.17) is 0 Å². The average Bonchev–Trinajstić information content (AvgIpc) is 3.15. The van der Waals surface area contributed by atoms with Crippen LogP contribution in [0.25, 0.3) is 16.9 Å². The molecule has 1 aliphatic rings. The van der Waals surface area contributed by atoms with Crippen LogP contribution in [0.3, 0.4) is 0 Å². The zero-order chi connectivity index (χ0) is 21.2. The maximum absolute atomic E-state index is 13.2. The summed E-state index contributed by atoms with van der Waals surface area (Å²) >= 11 is 0. The van der Waals surface area contributed by atoms with Crippen LogP contribution in [0, 0.1) is 12.8 Å². The lowest BCUT2D eigenvalue weighted by molar-refractivity contribution is 0.0690. The van der Waals surface area contributed by atoms with E-state index >= 15 is 0 Å². The van der Waals surface area contributed by atoms with E-state index in [1.807, 2.05) is 52.8 Å². The van der Waals surface area contributed by atoms with Crippen molar-refractivity contribution in [2.45, 2.75) is 26.2 Å². The summed E-state index contributed by atoms with van der Waals surface area (Å²) in [6, 6.07) is 22.3. The number of carbonyl (C=O) groups is 1. The maximum Gasteiger partial charge on any atom is 0.253 e. The molecule has 0 unspecified atom stereocenters. The van der Waals surface area contributed by atoms with Gasteiger partial charge in [-0.15, -0.1) is 0 Å². The molecule has 156 valence electrons. The summed E-state index contributed by atoms with van der Waals surface area (Å²) < 4.78 is 2.01. The molecule has 0 spiro atoms. The maximum atomic E-state index is 13.2. The fourth-order valence-electron chi connectivity index (χ4n) is 4.58. The number of aryl methyl sites for hydroxylation is 1. The number of imidazole rings is 1. The van der Waals surface area contributed by atoms with Crippen molar-refractivity contribution in [1.82, 2.24) is 19.4 Å². The summed E-state index contributed by atoms with van der Waals surface area (Å²) in [4.78, 5) is 24.3. The molecule has 0 bridgehead atoms. The normalized spacial score (nSPS) is 14.8. The molecule has 0 aliphatic carbocycles. The standard InChI is InChI=1S/C26H26N4O/c1-19-28-24-11-6-14-27-25(24)30(19)23-10-5-9-22(18-23)26(31)29-15-12-21(13-16-29)17-20-7-3-2-4-8-20/h2-11,14,18,21H,12-13,15-17H2,1H3. The van der Waals surface area contributed by atoms with Gasteiger partial charge in [0.2, 0.25) is 0 Å². The van der Waals surface area contributed by atoms with E-state index in [0.717, 1.165) is 60.6 Å². The monoisotopic (exact) mass is 410 g/mol. The van der Waals surface area contributed by atoms with Gasteiger partial charge in [0, 0.05) is 30.5 Å². The van der Waals surface area contributed by atoms with Crippen molar-refractivity contribution in [3.63, 3.8) is 0 Å². The lowest BCUT2D eigenvalue weighted by Gasteiger charge is -2.32. The predicted molar refractivity (Wildman–Crippen MR) is 122 cm³/mol. The molecule has 0 saturated carbocycles. The molecule has 5 rings (SSSR count). The number of pyridine rings is 1. The van der Waals surface area contributed by atoms with Crippen molar-refractivity contribution < 1.29 is 4.79 Å². The first-order chi connectivity index (χ1) is 15.2.